The predicted octanol–water partition coefficient (Wildman–Crippen LogP) is 0.643. The van der Waals surface area contributed by atoms with Crippen LogP contribution in [0.2, 0.25) is 0 Å². The van der Waals surface area contributed by atoms with Crippen molar-refractivity contribution < 1.29 is 4.79 Å². The minimum atomic E-state index is 0.0348. The lowest BCUT2D eigenvalue weighted by Crippen LogP contribution is -2.40. The van der Waals surface area contributed by atoms with Crippen LogP contribution in [0.15, 0.2) is 16.8 Å². The molecule has 5 heteroatoms. The van der Waals surface area contributed by atoms with Gasteiger partial charge >= 0.3 is 0 Å². The van der Waals surface area contributed by atoms with Crippen LogP contribution in [0, 0.1) is 0 Å². The second-order valence-corrected chi connectivity index (χ2v) is 4.59. The standard InChI is InChI=1S/C11H19N3OS/c1-13-11(15)5-10(6-12)14(2)7-9-3-4-16-8-9/h3-4,8,10H,5-7,12H2,1-2H3,(H,13,15). The van der Waals surface area contributed by atoms with Crippen molar-refractivity contribution in [2.75, 3.05) is 20.6 Å². The number of amides is 1. The van der Waals surface area contributed by atoms with Crippen molar-refractivity contribution in [2.45, 2.75) is 19.0 Å². The largest absolute Gasteiger partial charge is 0.359 e. The van der Waals surface area contributed by atoms with E-state index in [1.807, 2.05) is 7.05 Å². The minimum absolute atomic E-state index is 0.0348. The van der Waals surface area contributed by atoms with E-state index in [0.717, 1.165) is 6.54 Å². The third kappa shape index (κ3) is 3.92. The molecule has 0 saturated carbocycles. The highest BCUT2D eigenvalue weighted by Gasteiger charge is 2.16. The summed E-state index contributed by atoms with van der Waals surface area (Å²) in [5, 5.41) is 6.79. The quantitative estimate of drug-likeness (QED) is 0.768. The predicted molar refractivity (Wildman–Crippen MR) is 67.3 cm³/mol. The summed E-state index contributed by atoms with van der Waals surface area (Å²) in [6, 6.07) is 2.19. The molecule has 0 fully saturated rings. The Labute approximate surface area is 100 Å². The Morgan fingerprint density at radius 1 is 1.69 bits per heavy atom. The number of rotatable bonds is 6. The molecule has 0 aliphatic rings. The monoisotopic (exact) mass is 241 g/mol. The van der Waals surface area contributed by atoms with E-state index < -0.39 is 0 Å². The zero-order valence-electron chi connectivity index (χ0n) is 9.77. The normalized spacial score (nSPS) is 12.8. The summed E-state index contributed by atoms with van der Waals surface area (Å²) in [4.78, 5) is 13.4. The van der Waals surface area contributed by atoms with E-state index in [9.17, 15) is 4.79 Å². The molecule has 0 saturated heterocycles. The Kier molecular flexibility index (Phi) is 5.45. The maximum Gasteiger partial charge on any atom is 0.221 e. The number of carbonyl (C=O) groups is 1. The summed E-state index contributed by atoms with van der Waals surface area (Å²) in [5.74, 6) is 0.0348. The summed E-state index contributed by atoms with van der Waals surface area (Å²) >= 11 is 1.68. The third-order valence-electron chi connectivity index (χ3n) is 2.61. The van der Waals surface area contributed by atoms with Gasteiger partial charge in [0, 0.05) is 32.6 Å². The van der Waals surface area contributed by atoms with E-state index in [1.165, 1.54) is 5.56 Å². The molecular weight excluding hydrogens is 222 g/mol. The van der Waals surface area contributed by atoms with E-state index in [2.05, 4.69) is 27.0 Å². The molecule has 0 aromatic carbocycles. The summed E-state index contributed by atoms with van der Waals surface area (Å²) < 4.78 is 0. The van der Waals surface area contributed by atoms with Gasteiger partial charge in [0.25, 0.3) is 0 Å². The Hall–Kier alpha value is -0.910. The topological polar surface area (TPSA) is 58.4 Å². The second-order valence-electron chi connectivity index (χ2n) is 3.81. The first-order chi connectivity index (χ1) is 7.67. The average molecular weight is 241 g/mol. The van der Waals surface area contributed by atoms with Gasteiger partial charge in [0.2, 0.25) is 5.91 Å². The van der Waals surface area contributed by atoms with Gasteiger partial charge in [-0.1, -0.05) is 0 Å². The molecule has 1 amide bonds. The fraction of sp³-hybridized carbons (Fsp3) is 0.545. The lowest BCUT2D eigenvalue weighted by Gasteiger charge is -2.25. The molecular formula is C11H19N3OS. The van der Waals surface area contributed by atoms with Gasteiger partial charge in [-0.25, -0.2) is 0 Å². The van der Waals surface area contributed by atoms with E-state index in [-0.39, 0.29) is 11.9 Å². The summed E-state index contributed by atoms with van der Waals surface area (Å²) in [6.45, 7) is 1.33. The SMILES string of the molecule is CNC(=O)CC(CN)N(C)Cc1ccsc1. The van der Waals surface area contributed by atoms with Crippen molar-refractivity contribution in [1.82, 2.24) is 10.2 Å². The van der Waals surface area contributed by atoms with Crippen molar-refractivity contribution in [3.05, 3.63) is 22.4 Å². The Morgan fingerprint density at radius 3 is 2.94 bits per heavy atom. The second kappa shape index (κ2) is 6.62. The molecule has 16 heavy (non-hydrogen) atoms. The number of thiophene rings is 1. The highest BCUT2D eigenvalue weighted by atomic mass is 32.1. The Balaban J connectivity index is 2.49. The van der Waals surface area contributed by atoms with Crippen LogP contribution in [0.3, 0.4) is 0 Å². The molecule has 1 unspecified atom stereocenters. The zero-order chi connectivity index (χ0) is 12.0. The van der Waals surface area contributed by atoms with Gasteiger partial charge in [-0.2, -0.15) is 11.3 Å². The minimum Gasteiger partial charge on any atom is -0.359 e. The van der Waals surface area contributed by atoms with Crippen molar-refractivity contribution in [2.24, 2.45) is 5.73 Å². The van der Waals surface area contributed by atoms with Crippen molar-refractivity contribution in [3.63, 3.8) is 0 Å². The highest BCUT2D eigenvalue weighted by molar-refractivity contribution is 7.07. The van der Waals surface area contributed by atoms with Gasteiger partial charge in [0.15, 0.2) is 0 Å². The highest BCUT2D eigenvalue weighted by Crippen LogP contribution is 2.11. The van der Waals surface area contributed by atoms with Crippen LogP contribution in [-0.4, -0.2) is 37.5 Å². The first kappa shape index (κ1) is 13.2. The summed E-state index contributed by atoms with van der Waals surface area (Å²) in [6.07, 6.45) is 0.452. The van der Waals surface area contributed by atoms with Crippen LogP contribution < -0.4 is 11.1 Å². The van der Waals surface area contributed by atoms with E-state index in [0.29, 0.717) is 13.0 Å². The fourth-order valence-electron chi connectivity index (χ4n) is 1.53. The van der Waals surface area contributed by atoms with Crippen molar-refractivity contribution in [1.29, 1.82) is 0 Å². The number of likely N-dealkylation sites (N-methyl/N-ethyl adjacent to an activating group) is 1. The smallest absolute Gasteiger partial charge is 0.221 e. The Bertz CT molecular complexity index is 313. The molecule has 90 valence electrons. The van der Waals surface area contributed by atoms with Gasteiger partial charge in [0.1, 0.15) is 0 Å². The molecule has 1 atom stereocenters. The molecule has 0 aliphatic carbocycles. The van der Waals surface area contributed by atoms with Crippen LogP contribution in [0.1, 0.15) is 12.0 Å². The van der Waals surface area contributed by atoms with Crippen LogP contribution in [0.25, 0.3) is 0 Å². The lowest BCUT2D eigenvalue weighted by molar-refractivity contribution is -0.121. The molecule has 4 nitrogen and oxygen atoms in total. The van der Waals surface area contributed by atoms with Gasteiger partial charge in [0.05, 0.1) is 0 Å². The number of nitrogens with one attached hydrogen (secondary N) is 1. The molecule has 0 aliphatic heterocycles. The van der Waals surface area contributed by atoms with Crippen LogP contribution in [0.5, 0.6) is 0 Å². The molecule has 0 radical (unpaired) electrons. The van der Waals surface area contributed by atoms with Gasteiger partial charge in [-0.05, 0) is 29.4 Å². The van der Waals surface area contributed by atoms with E-state index in [1.54, 1.807) is 18.4 Å². The van der Waals surface area contributed by atoms with Gasteiger partial charge in [-0.15, -0.1) is 0 Å². The van der Waals surface area contributed by atoms with E-state index in [4.69, 9.17) is 5.73 Å². The lowest BCUT2D eigenvalue weighted by atomic mass is 10.1. The Morgan fingerprint density at radius 2 is 2.44 bits per heavy atom. The number of carbonyl (C=O) groups excluding carboxylic acids is 1. The molecule has 1 aromatic rings. The van der Waals surface area contributed by atoms with Gasteiger partial charge in [-0.3, -0.25) is 9.69 Å². The number of nitrogens with zero attached hydrogens (tertiary/aromatic N) is 1. The number of nitrogens with two attached hydrogens (primary N) is 1. The molecule has 1 aromatic heterocycles. The van der Waals surface area contributed by atoms with Crippen LogP contribution in [0.4, 0.5) is 0 Å². The summed E-state index contributed by atoms with van der Waals surface area (Å²) in [5.41, 5.74) is 6.95. The van der Waals surface area contributed by atoms with Crippen LogP contribution in [-0.2, 0) is 11.3 Å². The zero-order valence-corrected chi connectivity index (χ0v) is 10.6. The fourth-order valence-corrected chi connectivity index (χ4v) is 2.19. The van der Waals surface area contributed by atoms with Crippen molar-refractivity contribution >= 4 is 17.2 Å². The molecule has 1 rings (SSSR count). The van der Waals surface area contributed by atoms with Gasteiger partial charge < -0.3 is 11.1 Å². The molecule has 0 bridgehead atoms. The van der Waals surface area contributed by atoms with Crippen molar-refractivity contribution in [3.8, 4) is 0 Å². The molecule has 1 heterocycles. The number of hydrogen-bond acceptors (Lipinski definition) is 4. The summed E-state index contributed by atoms with van der Waals surface area (Å²) in [7, 11) is 3.65. The maximum absolute atomic E-state index is 11.3. The first-order valence-corrected chi connectivity index (χ1v) is 6.23. The first-order valence-electron chi connectivity index (χ1n) is 5.29. The molecule has 0 spiro atoms. The third-order valence-corrected chi connectivity index (χ3v) is 3.34. The number of hydrogen-bond donors (Lipinski definition) is 2. The maximum atomic E-state index is 11.3. The van der Waals surface area contributed by atoms with E-state index >= 15 is 0 Å². The van der Waals surface area contributed by atoms with Crippen LogP contribution >= 0.6 is 11.3 Å². The average Bonchev–Trinajstić information content (AvgIpc) is 2.77. The molecule has 3 N–H and O–H groups in total.